The van der Waals surface area contributed by atoms with E-state index in [0.717, 1.165) is 29.1 Å². The molecule has 1 aliphatic rings. The molecule has 0 atom stereocenters. The van der Waals surface area contributed by atoms with Crippen LogP contribution in [0.4, 0.5) is 0 Å². The van der Waals surface area contributed by atoms with Crippen LogP contribution in [-0.2, 0) is 6.54 Å². The maximum absolute atomic E-state index is 5.38. The van der Waals surface area contributed by atoms with Crippen LogP contribution in [0, 0.1) is 0 Å². The van der Waals surface area contributed by atoms with Gasteiger partial charge in [0.2, 0.25) is 6.79 Å². The molecule has 100 valence electrons. The van der Waals surface area contributed by atoms with Crippen LogP contribution in [-0.4, -0.2) is 13.3 Å². The van der Waals surface area contributed by atoms with Crippen LogP contribution in [0.25, 0.3) is 0 Å². The molecule has 0 bridgehead atoms. The van der Waals surface area contributed by atoms with Gasteiger partial charge in [-0.15, -0.1) is 0 Å². The van der Waals surface area contributed by atoms with Crippen LogP contribution < -0.4 is 14.8 Å². The highest BCUT2D eigenvalue weighted by Gasteiger charge is 2.15. The molecule has 0 amide bonds. The predicted molar refractivity (Wildman–Crippen MR) is 76.1 cm³/mol. The summed E-state index contributed by atoms with van der Waals surface area (Å²) in [4.78, 5) is 0. The molecule has 0 spiro atoms. The number of unbranched alkanes of at least 4 members (excludes halogenated alkanes) is 3. The Kier molecular flexibility index (Phi) is 5.32. The third-order valence-electron chi connectivity index (χ3n) is 3.06. The van der Waals surface area contributed by atoms with Gasteiger partial charge in [0.1, 0.15) is 0 Å². The van der Waals surface area contributed by atoms with Crippen molar-refractivity contribution in [1.29, 1.82) is 0 Å². The minimum absolute atomic E-state index is 0.329. The maximum Gasteiger partial charge on any atom is 0.231 e. The summed E-state index contributed by atoms with van der Waals surface area (Å²) in [5, 5.41) is 3.47. The minimum Gasteiger partial charge on any atom is -0.454 e. The Balaban J connectivity index is 1.79. The van der Waals surface area contributed by atoms with Crippen LogP contribution in [0.5, 0.6) is 11.5 Å². The summed E-state index contributed by atoms with van der Waals surface area (Å²) in [6.07, 6.45) is 5.17. The van der Waals surface area contributed by atoms with E-state index in [4.69, 9.17) is 9.47 Å². The fourth-order valence-corrected chi connectivity index (χ4v) is 2.46. The molecule has 4 heteroatoms. The molecule has 1 heterocycles. The quantitative estimate of drug-likeness (QED) is 0.776. The van der Waals surface area contributed by atoms with E-state index < -0.39 is 0 Å². The Morgan fingerprint density at radius 3 is 2.72 bits per heavy atom. The van der Waals surface area contributed by atoms with E-state index in [0.29, 0.717) is 6.79 Å². The Hall–Kier alpha value is -0.740. The Morgan fingerprint density at radius 2 is 1.94 bits per heavy atom. The zero-order valence-electron chi connectivity index (χ0n) is 10.8. The molecule has 0 radical (unpaired) electrons. The van der Waals surface area contributed by atoms with E-state index in [2.05, 4.69) is 28.2 Å². The van der Waals surface area contributed by atoms with Crippen LogP contribution in [0.3, 0.4) is 0 Å². The third kappa shape index (κ3) is 3.62. The molecule has 1 N–H and O–H groups in total. The average molecular weight is 314 g/mol. The Morgan fingerprint density at radius 1 is 1.17 bits per heavy atom. The summed E-state index contributed by atoms with van der Waals surface area (Å²) in [6.45, 7) is 4.50. The molecular formula is C14H20BrNO2. The number of nitrogens with one attached hydrogen (secondary N) is 1. The van der Waals surface area contributed by atoms with Crippen molar-refractivity contribution in [2.75, 3.05) is 13.3 Å². The first-order valence-electron chi connectivity index (χ1n) is 6.60. The highest BCUT2D eigenvalue weighted by Crippen LogP contribution is 2.36. The van der Waals surface area contributed by atoms with E-state index in [9.17, 15) is 0 Å². The standard InChI is InChI=1S/C14H20BrNO2/c1-2-3-4-5-6-16-9-11-7-13-14(8-12(11)15)18-10-17-13/h7-8,16H,2-6,9-10H2,1H3. The van der Waals surface area contributed by atoms with E-state index >= 15 is 0 Å². The second kappa shape index (κ2) is 7.00. The number of hydrogen-bond acceptors (Lipinski definition) is 3. The highest BCUT2D eigenvalue weighted by molar-refractivity contribution is 9.10. The van der Waals surface area contributed by atoms with Gasteiger partial charge in [0.25, 0.3) is 0 Å². The normalized spacial score (nSPS) is 13.0. The molecule has 0 aromatic heterocycles. The molecule has 0 unspecified atom stereocenters. The largest absolute Gasteiger partial charge is 0.454 e. The minimum atomic E-state index is 0.329. The smallest absolute Gasteiger partial charge is 0.231 e. The summed E-state index contributed by atoms with van der Waals surface area (Å²) in [5.41, 5.74) is 1.22. The third-order valence-corrected chi connectivity index (χ3v) is 3.80. The SMILES string of the molecule is CCCCCCNCc1cc2c(cc1Br)OCO2. The fourth-order valence-electron chi connectivity index (χ4n) is 1.99. The lowest BCUT2D eigenvalue weighted by atomic mass is 10.2. The molecule has 1 aromatic rings. The van der Waals surface area contributed by atoms with E-state index in [1.807, 2.05) is 12.1 Å². The summed E-state index contributed by atoms with van der Waals surface area (Å²) in [5.74, 6) is 1.68. The van der Waals surface area contributed by atoms with E-state index in [1.165, 1.54) is 31.2 Å². The zero-order valence-corrected chi connectivity index (χ0v) is 12.4. The molecular weight excluding hydrogens is 294 g/mol. The molecule has 0 saturated heterocycles. The van der Waals surface area contributed by atoms with E-state index in [1.54, 1.807) is 0 Å². The van der Waals surface area contributed by atoms with Crippen molar-refractivity contribution in [3.63, 3.8) is 0 Å². The average Bonchev–Trinajstić information content (AvgIpc) is 2.80. The van der Waals surface area contributed by atoms with Gasteiger partial charge >= 0.3 is 0 Å². The molecule has 3 nitrogen and oxygen atoms in total. The van der Waals surface area contributed by atoms with Crippen LogP contribution in [0.15, 0.2) is 16.6 Å². The molecule has 0 fully saturated rings. The Bertz CT molecular complexity index is 396. The summed E-state index contributed by atoms with van der Waals surface area (Å²) >= 11 is 3.57. The lowest BCUT2D eigenvalue weighted by Crippen LogP contribution is -2.14. The number of halogens is 1. The first-order chi connectivity index (χ1) is 8.81. The lowest BCUT2D eigenvalue weighted by molar-refractivity contribution is 0.174. The van der Waals surface area contributed by atoms with Gasteiger partial charge < -0.3 is 14.8 Å². The number of rotatable bonds is 7. The van der Waals surface area contributed by atoms with Gasteiger partial charge in [-0.1, -0.05) is 42.1 Å². The highest BCUT2D eigenvalue weighted by atomic mass is 79.9. The van der Waals surface area contributed by atoms with Crippen molar-refractivity contribution >= 4 is 15.9 Å². The van der Waals surface area contributed by atoms with Crippen molar-refractivity contribution in [2.45, 2.75) is 39.2 Å². The monoisotopic (exact) mass is 313 g/mol. The predicted octanol–water partition coefficient (Wildman–Crippen LogP) is 3.85. The van der Waals surface area contributed by atoms with Crippen LogP contribution >= 0.6 is 15.9 Å². The van der Waals surface area contributed by atoms with Crippen molar-refractivity contribution in [3.8, 4) is 11.5 Å². The number of hydrogen-bond donors (Lipinski definition) is 1. The molecule has 2 rings (SSSR count). The lowest BCUT2D eigenvalue weighted by Gasteiger charge is -2.08. The molecule has 1 aromatic carbocycles. The second-order valence-electron chi connectivity index (χ2n) is 4.53. The number of benzene rings is 1. The molecule has 0 saturated carbocycles. The second-order valence-corrected chi connectivity index (χ2v) is 5.39. The van der Waals surface area contributed by atoms with Crippen LogP contribution in [0.1, 0.15) is 38.2 Å². The van der Waals surface area contributed by atoms with Gasteiger partial charge in [0.05, 0.1) is 0 Å². The first kappa shape index (κ1) is 13.7. The molecule has 1 aliphatic heterocycles. The number of fused-ring (bicyclic) bond motifs is 1. The van der Waals surface area contributed by atoms with Crippen molar-refractivity contribution in [2.24, 2.45) is 0 Å². The summed E-state index contributed by atoms with van der Waals surface area (Å²) in [6, 6.07) is 4.03. The van der Waals surface area contributed by atoms with Crippen LogP contribution in [0.2, 0.25) is 0 Å². The first-order valence-corrected chi connectivity index (χ1v) is 7.39. The molecule has 18 heavy (non-hydrogen) atoms. The number of ether oxygens (including phenoxy) is 2. The van der Waals surface area contributed by atoms with Gasteiger partial charge in [-0.05, 0) is 30.7 Å². The topological polar surface area (TPSA) is 30.5 Å². The van der Waals surface area contributed by atoms with Gasteiger partial charge in [0.15, 0.2) is 11.5 Å². The van der Waals surface area contributed by atoms with Crippen molar-refractivity contribution < 1.29 is 9.47 Å². The summed E-state index contributed by atoms with van der Waals surface area (Å²) in [7, 11) is 0. The maximum atomic E-state index is 5.38. The van der Waals surface area contributed by atoms with E-state index in [-0.39, 0.29) is 0 Å². The van der Waals surface area contributed by atoms with Gasteiger partial charge in [-0.2, -0.15) is 0 Å². The van der Waals surface area contributed by atoms with Gasteiger partial charge in [0, 0.05) is 11.0 Å². The fraction of sp³-hybridized carbons (Fsp3) is 0.571. The summed E-state index contributed by atoms with van der Waals surface area (Å²) < 4.78 is 11.8. The molecule has 0 aliphatic carbocycles. The van der Waals surface area contributed by atoms with Gasteiger partial charge in [-0.25, -0.2) is 0 Å². The van der Waals surface area contributed by atoms with Crippen molar-refractivity contribution in [3.05, 3.63) is 22.2 Å². The van der Waals surface area contributed by atoms with Crippen molar-refractivity contribution in [1.82, 2.24) is 5.32 Å². The Labute approximate surface area is 117 Å². The zero-order chi connectivity index (χ0) is 12.8. The van der Waals surface area contributed by atoms with Gasteiger partial charge in [-0.3, -0.25) is 0 Å².